The molecule has 0 heterocycles. The fraction of sp³-hybridized carbons (Fsp3) is 0.600. The van der Waals surface area contributed by atoms with Crippen LogP contribution in [0.3, 0.4) is 0 Å². The minimum Gasteiger partial charge on any atom is -0.310 e. The van der Waals surface area contributed by atoms with E-state index in [9.17, 15) is 10.1 Å². The maximum absolute atomic E-state index is 10.8. The zero-order chi connectivity index (χ0) is 14.4. The van der Waals surface area contributed by atoms with E-state index >= 15 is 0 Å². The molecule has 1 N–H and O–H groups in total. The van der Waals surface area contributed by atoms with Crippen molar-refractivity contribution in [1.82, 2.24) is 5.32 Å². The number of halogens is 1. The van der Waals surface area contributed by atoms with Crippen molar-refractivity contribution in [2.24, 2.45) is 0 Å². The van der Waals surface area contributed by atoms with Crippen LogP contribution in [0.4, 0.5) is 5.69 Å². The van der Waals surface area contributed by atoms with E-state index in [4.69, 9.17) is 11.6 Å². The maximum Gasteiger partial charge on any atom is 0.269 e. The zero-order valence-electron chi connectivity index (χ0n) is 11.6. The summed E-state index contributed by atoms with van der Waals surface area (Å²) in [6.45, 7) is 0.602. The van der Waals surface area contributed by atoms with Gasteiger partial charge in [0.15, 0.2) is 0 Å². The van der Waals surface area contributed by atoms with Gasteiger partial charge in [0.05, 0.1) is 4.92 Å². The largest absolute Gasteiger partial charge is 0.310 e. The summed E-state index contributed by atoms with van der Waals surface area (Å²) in [5, 5.41) is 14.9. The lowest BCUT2D eigenvalue weighted by Gasteiger charge is -2.21. The Hall–Kier alpha value is -1.13. The summed E-state index contributed by atoms with van der Waals surface area (Å²) in [6.07, 6.45) is 8.88. The lowest BCUT2D eigenvalue weighted by molar-refractivity contribution is -0.384. The zero-order valence-corrected chi connectivity index (χ0v) is 12.4. The topological polar surface area (TPSA) is 55.2 Å². The molecule has 0 spiro atoms. The first-order valence-corrected chi connectivity index (χ1v) is 7.71. The quantitative estimate of drug-likeness (QED) is 0.659. The van der Waals surface area contributed by atoms with Gasteiger partial charge in [-0.1, -0.05) is 43.7 Å². The van der Waals surface area contributed by atoms with Gasteiger partial charge >= 0.3 is 0 Å². The molecule has 1 saturated carbocycles. The van der Waals surface area contributed by atoms with Crippen molar-refractivity contribution < 1.29 is 4.92 Å². The number of nitro groups is 1. The highest BCUT2D eigenvalue weighted by Crippen LogP contribution is 2.23. The van der Waals surface area contributed by atoms with Gasteiger partial charge in [-0.3, -0.25) is 10.1 Å². The molecule has 0 aliphatic heterocycles. The first-order chi connectivity index (χ1) is 9.66. The molecule has 110 valence electrons. The van der Waals surface area contributed by atoms with Crippen molar-refractivity contribution in [2.45, 2.75) is 57.5 Å². The van der Waals surface area contributed by atoms with Crippen LogP contribution in [-0.2, 0) is 6.54 Å². The van der Waals surface area contributed by atoms with E-state index in [2.05, 4.69) is 5.32 Å². The monoisotopic (exact) mass is 296 g/mol. The molecule has 0 amide bonds. The number of nitro benzene ring substituents is 1. The van der Waals surface area contributed by atoms with Gasteiger partial charge in [0.2, 0.25) is 0 Å². The summed E-state index contributed by atoms with van der Waals surface area (Å²) in [5.41, 5.74) is 0.909. The number of nitrogens with zero attached hydrogens (tertiary/aromatic N) is 1. The van der Waals surface area contributed by atoms with Gasteiger partial charge < -0.3 is 5.32 Å². The molecule has 0 saturated heterocycles. The Labute approximate surface area is 124 Å². The SMILES string of the molecule is O=[N+]([O-])c1ccc(Cl)c(CNC2CCCCCCC2)c1. The predicted octanol–water partition coefficient (Wildman–Crippen LogP) is 4.45. The maximum atomic E-state index is 10.8. The molecule has 5 heteroatoms. The highest BCUT2D eigenvalue weighted by Gasteiger charge is 2.13. The van der Waals surface area contributed by atoms with Crippen molar-refractivity contribution in [3.05, 3.63) is 38.9 Å². The van der Waals surface area contributed by atoms with Gasteiger partial charge in [0.25, 0.3) is 5.69 Å². The highest BCUT2D eigenvalue weighted by molar-refractivity contribution is 6.31. The minimum absolute atomic E-state index is 0.101. The molecule has 0 aromatic heterocycles. The number of nitrogens with one attached hydrogen (secondary N) is 1. The van der Waals surface area contributed by atoms with Crippen LogP contribution < -0.4 is 5.32 Å². The lowest BCUT2D eigenvalue weighted by Crippen LogP contribution is -2.29. The second kappa shape index (κ2) is 7.60. The molecule has 0 atom stereocenters. The highest BCUT2D eigenvalue weighted by atomic mass is 35.5. The number of hydrogen-bond acceptors (Lipinski definition) is 3. The van der Waals surface area contributed by atoms with Gasteiger partial charge in [0.1, 0.15) is 0 Å². The average Bonchev–Trinajstić information content (AvgIpc) is 2.39. The van der Waals surface area contributed by atoms with Crippen LogP contribution in [0.1, 0.15) is 50.5 Å². The van der Waals surface area contributed by atoms with Crippen molar-refractivity contribution in [3.63, 3.8) is 0 Å². The number of benzene rings is 1. The molecular formula is C15H21ClN2O2. The minimum atomic E-state index is -0.379. The Bertz CT molecular complexity index is 457. The van der Waals surface area contributed by atoms with Crippen molar-refractivity contribution >= 4 is 17.3 Å². The van der Waals surface area contributed by atoms with Gasteiger partial charge in [-0.2, -0.15) is 0 Å². The second-order valence-corrected chi connectivity index (χ2v) is 5.86. The van der Waals surface area contributed by atoms with E-state index in [0.717, 1.165) is 5.56 Å². The lowest BCUT2D eigenvalue weighted by atomic mass is 9.96. The predicted molar refractivity (Wildman–Crippen MR) is 81.1 cm³/mol. The summed E-state index contributed by atoms with van der Waals surface area (Å²) in [6, 6.07) is 5.12. The molecule has 20 heavy (non-hydrogen) atoms. The molecule has 1 aliphatic carbocycles. The van der Waals surface area contributed by atoms with Crippen LogP contribution >= 0.6 is 11.6 Å². The smallest absolute Gasteiger partial charge is 0.269 e. The third-order valence-corrected chi connectivity index (χ3v) is 4.30. The van der Waals surface area contributed by atoms with Gasteiger partial charge in [-0.25, -0.2) is 0 Å². The molecule has 0 bridgehead atoms. The van der Waals surface area contributed by atoms with E-state index in [-0.39, 0.29) is 10.6 Å². The fourth-order valence-corrected chi connectivity index (χ4v) is 2.91. The third kappa shape index (κ3) is 4.46. The van der Waals surface area contributed by atoms with E-state index in [0.29, 0.717) is 17.6 Å². The Balaban J connectivity index is 1.95. The van der Waals surface area contributed by atoms with Crippen LogP contribution in [0.25, 0.3) is 0 Å². The molecule has 4 nitrogen and oxygen atoms in total. The van der Waals surface area contributed by atoms with E-state index in [1.807, 2.05) is 0 Å². The molecule has 1 aromatic rings. The van der Waals surface area contributed by atoms with Crippen molar-refractivity contribution in [2.75, 3.05) is 0 Å². The van der Waals surface area contributed by atoms with E-state index in [1.54, 1.807) is 12.1 Å². The summed E-state index contributed by atoms with van der Waals surface area (Å²) < 4.78 is 0. The summed E-state index contributed by atoms with van der Waals surface area (Å²) in [7, 11) is 0. The second-order valence-electron chi connectivity index (χ2n) is 5.46. The average molecular weight is 297 g/mol. The number of rotatable bonds is 4. The first kappa shape index (κ1) is 15.3. The van der Waals surface area contributed by atoms with Gasteiger partial charge in [-0.05, 0) is 24.5 Å². The molecular weight excluding hydrogens is 276 g/mol. The van der Waals surface area contributed by atoms with E-state index < -0.39 is 0 Å². The standard InChI is InChI=1S/C15H21ClN2O2/c16-15-9-8-14(18(19)20)10-12(15)11-17-13-6-4-2-1-3-5-7-13/h8-10,13,17H,1-7,11H2. The van der Waals surface area contributed by atoms with Crippen molar-refractivity contribution in [1.29, 1.82) is 0 Å². The molecule has 1 fully saturated rings. The number of hydrogen-bond donors (Lipinski definition) is 1. The van der Waals surface area contributed by atoms with Gasteiger partial charge in [0, 0.05) is 29.7 Å². The van der Waals surface area contributed by atoms with Crippen LogP contribution in [0.5, 0.6) is 0 Å². The fourth-order valence-electron chi connectivity index (χ4n) is 2.72. The molecule has 0 unspecified atom stereocenters. The van der Waals surface area contributed by atoms with Crippen LogP contribution in [0.2, 0.25) is 5.02 Å². The summed E-state index contributed by atoms with van der Waals surface area (Å²) in [5.74, 6) is 0. The molecule has 1 aliphatic rings. The Morgan fingerprint density at radius 1 is 1.20 bits per heavy atom. The third-order valence-electron chi connectivity index (χ3n) is 3.93. The summed E-state index contributed by atoms with van der Waals surface area (Å²) >= 11 is 6.11. The Kier molecular flexibility index (Phi) is 5.80. The Morgan fingerprint density at radius 3 is 2.50 bits per heavy atom. The summed E-state index contributed by atoms with van der Waals surface area (Å²) in [4.78, 5) is 10.4. The van der Waals surface area contributed by atoms with Crippen molar-refractivity contribution in [3.8, 4) is 0 Å². The van der Waals surface area contributed by atoms with Crippen LogP contribution in [-0.4, -0.2) is 11.0 Å². The molecule has 1 aromatic carbocycles. The molecule has 0 radical (unpaired) electrons. The Morgan fingerprint density at radius 2 is 1.85 bits per heavy atom. The van der Waals surface area contributed by atoms with Crippen LogP contribution in [0.15, 0.2) is 18.2 Å². The molecule has 2 rings (SSSR count). The first-order valence-electron chi connectivity index (χ1n) is 7.33. The number of non-ortho nitro benzene ring substituents is 1. The van der Waals surface area contributed by atoms with E-state index in [1.165, 1.54) is 51.0 Å². The normalized spacial score (nSPS) is 17.4. The van der Waals surface area contributed by atoms with Crippen LogP contribution in [0, 0.1) is 10.1 Å². The van der Waals surface area contributed by atoms with Gasteiger partial charge in [-0.15, -0.1) is 0 Å².